The van der Waals surface area contributed by atoms with E-state index in [1.807, 2.05) is 0 Å². The molecule has 0 atom stereocenters. The molecule has 0 aliphatic heterocycles. The molecule has 0 aliphatic rings. The summed E-state index contributed by atoms with van der Waals surface area (Å²) >= 11 is 2.76. The minimum atomic E-state index is -5.81. The Morgan fingerprint density at radius 2 is 1.89 bits per heavy atom. The van der Waals surface area contributed by atoms with Gasteiger partial charge in [-0.25, -0.2) is 0 Å². The summed E-state index contributed by atoms with van der Waals surface area (Å²) in [6.45, 7) is 0. The van der Waals surface area contributed by atoms with Crippen LogP contribution in [0.4, 0.5) is 13.2 Å². The number of phenols is 1. The summed E-state index contributed by atoms with van der Waals surface area (Å²) in [5.41, 5.74) is -5.56. The van der Waals surface area contributed by atoms with E-state index in [1.165, 1.54) is 0 Å². The van der Waals surface area contributed by atoms with Crippen LogP contribution in [-0.2, 0) is 10.1 Å². The number of hydrogen-bond donors (Lipinski definition) is 1. The number of phenolic OH excluding ortho intramolecular Hbond substituents is 1. The van der Waals surface area contributed by atoms with Crippen LogP contribution in [0.15, 0.2) is 16.6 Å². The molecule has 0 spiro atoms. The lowest BCUT2D eigenvalue weighted by atomic mass is 10.3. The van der Waals surface area contributed by atoms with Gasteiger partial charge in [0.15, 0.2) is 11.5 Å². The molecule has 0 amide bonds. The lowest BCUT2D eigenvalue weighted by Crippen LogP contribution is -2.28. The molecule has 1 N–H and O–H groups in total. The standard InChI is InChI=1S/C8H6BrF3O5S/c1-16-6-3-4(13)2-5(9)7(6)17-18(14,15)8(10,11)12/h2-3,13H,1H3. The molecule has 0 aliphatic carbocycles. The van der Waals surface area contributed by atoms with Crippen molar-refractivity contribution in [3.8, 4) is 17.2 Å². The van der Waals surface area contributed by atoms with Crippen LogP contribution in [0.2, 0.25) is 0 Å². The van der Waals surface area contributed by atoms with Gasteiger partial charge in [-0.3, -0.25) is 0 Å². The van der Waals surface area contributed by atoms with Crippen LogP contribution in [-0.4, -0.2) is 26.1 Å². The number of aromatic hydroxyl groups is 1. The van der Waals surface area contributed by atoms with Crippen molar-refractivity contribution in [2.75, 3.05) is 7.11 Å². The van der Waals surface area contributed by atoms with Crippen molar-refractivity contribution in [3.05, 3.63) is 16.6 Å². The molecule has 0 bridgehead atoms. The average Bonchev–Trinajstić information content (AvgIpc) is 2.19. The summed E-state index contributed by atoms with van der Waals surface area (Å²) < 4.78 is 66.5. The largest absolute Gasteiger partial charge is 0.534 e. The van der Waals surface area contributed by atoms with Crippen LogP contribution < -0.4 is 8.92 Å². The van der Waals surface area contributed by atoms with Gasteiger partial charge < -0.3 is 14.0 Å². The van der Waals surface area contributed by atoms with E-state index in [0.717, 1.165) is 19.2 Å². The number of hydrogen-bond acceptors (Lipinski definition) is 5. The monoisotopic (exact) mass is 350 g/mol. The number of alkyl halides is 3. The first-order chi connectivity index (χ1) is 8.08. The maximum Gasteiger partial charge on any atom is 0.534 e. The molecule has 18 heavy (non-hydrogen) atoms. The van der Waals surface area contributed by atoms with E-state index in [2.05, 4.69) is 24.8 Å². The first kappa shape index (κ1) is 14.9. The van der Waals surface area contributed by atoms with Crippen LogP contribution in [0.3, 0.4) is 0 Å². The SMILES string of the molecule is COc1cc(O)cc(Br)c1OS(=O)(=O)C(F)(F)F. The zero-order valence-electron chi connectivity index (χ0n) is 8.66. The predicted octanol–water partition coefficient (Wildman–Crippen LogP) is 2.39. The van der Waals surface area contributed by atoms with Crippen LogP contribution in [0.5, 0.6) is 17.2 Å². The summed E-state index contributed by atoms with van der Waals surface area (Å²) in [7, 11) is -4.73. The van der Waals surface area contributed by atoms with Gasteiger partial charge in [0.2, 0.25) is 0 Å². The fourth-order valence-corrected chi connectivity index (χ4v) is 2.05. The lowest BCUT2D eigenvalue weighted by molar-refractivity contribution is -0.0500. The van der Waals surface area contributed by atoms with Crippen molar-refractivity contribution >= 4 is 26.0 Å². The molecule has 102 valence electrons. The summed E-state index contributed by atoms with van der Waals surface area (Å²) in [5, 5.41) is 9.17. The highest BCUT2D eigenvalue weighted by Crippen LogP contribution is 2.41. The quantitative estimate of drug-likeness (QED) is 0.669. The second-order valence-corrected chi connectivity index (χ2v) is 5.33. The van der Waals surface area contributed by atoms with Gasteiger partial charge in [-0.15, -0.1) is 0 Å². The first-order valence-corrected chi connectivity index (χ1v) is 6.36. The van der Waals surface area contributed by atoms with Crippen LogP contribution in [0.1, 0.15) is 0 Å². The Bertz CT molecular complexity index is 555. The molecule has 0 saturated heterocycles. The third-order valence-electron chi connectivity index (χ3n) is 1.69. The summed E-state index contributed by atoms with van der Waals surface area (Å²) in [5.74, 6) is -1.40. The molecule has 0 heterocycles. The molecule has 0 aromatic heterocycles. The van der Waals surface area contributed by atoms with Crippen LogP contribution >= 0.6 is 15.9 Å². The smallest absolute Gasteiger partial charge is 0.508 e. The van der Waals surface area contributed by atoms with Gasteiger partial charge in [-0.05, 0) is 22.0 Å². The Hall–Kier alpha value is -1.16. The molecule has 5 nitrogen and oxygen atoms in total. The second-order valence-electron chi connectivity index (χ2n) is 2.94. The van der Waals surface area contributed by atoms with E-state index in [-0.39, 0.29) is 16.0 Å². The summed E-state index contributed by atoms with van der Waals surface area (Å²) in [6, 6.07) is 1.87. The van der Waals surface area contributed by atoms with Gasteiger partial charge in [0, 0.05) is 6.07 Å². The van der Waals surface area contributed by atoms with Crippen molar-refractivity contribution < 1.29 is 35.6 Å². The van der Waals surface area contributed by atoms with Gasteiger partial charge in [-0.2, -0.15) is 21.6 Å². The van der Waals surface area contributed by atoms with Crippen molar-refractivity contribution in [1.29, 1.82) is 0 Å². The van der Waals surface area contributed by atoms with Crippen LogP contribution in [0, 0.1) is 0 Å². The van der Waals surface area contributed by atoms with Gasteiger partial charge >= 0.3 is 15.6 Å². The molecule has 1 aromatic rings. The van der Waals surface area contributed by atoms with Gasteiger partial charge in [0.05, 0.1) is 11.6 Å². The molecule has 10 heteroatoms. The molecule has 0 fully saturated rings. The fraction of sp³-hybridized carbons (Fsp3) is 0.250. The summed E-state index contributed by atoms with van der Waals surface area (Å²) in [4.78, 5) is 0. The third kappa shape index (κ3) is 2.99. The number of ether oxygens (including phenoxy) is 1. The Morgan fingerprint density at radius 1 is 1.33 bits per heavy atom. The first-order valence-electron chi connectivity index (χ1n) is 4.15. The Labute approximate surface area is 108 Å². The minimum Gasteiger partial charge on any atom is -0.508 e. The Morgan fingerprint density at radius 3 is 2.33 bits per heavy atom. The highest BCUT2D eigenvalue weighted by atomic mass is 79.9. The Kier molecular flexibility index (Phi) is 4.01. The lowest BCUT2D eigenvalue weighted by Gasteiger charge is -2.13. The molecule has 0 saturated carbocycles. The third-order valence-corrected chi connectivity index (χ3v) is 3.23. The molecular formula is C8H6BrF3O5S. The molecule has 1 aromatic carbocycles. The van der Waals surface area contributed by atoms with Gasteiger partial charge in [0.1, 0.15) is 5.75 Å². The van der Waals surface area contributed by atoms with E-state index in [0.29, 0.717) is 0 Å². The molecule has 0 unspecified atom stereocenters. The van der Waals surface area contributed by atoms with E-state index >= 15 is 0 Å². The molecular weight excluding hydrogens is 345 g/mol. The maximum atomic E-state index is 12.1. The molecule has 0 radical (unpaired) electrons. The Balaban J connectivity index is 3.28. The fourth-order valence-electron chi connectivity index (χ4n) is 0.944. The summed E-state index contributed by atoms with van der Waals surface area (Å²) in [6.07, 6.45) is 0. The normalized spacial score (nSPS) is 12.3. The highest BCUT2D eigenvalue weighted by Gasteiger charge is 2.49. The minimum absolute atomic E-state index is 0.202. The zero-order chi connectivity index (χ0) is 14.1. The number of halogens is 4. The predicted molar refractivity (Wildman–Crippen MR) is 58.0 cm³/mol. The van der Waals surface area contributed by atoms with E-state index in [9.17, 15) is 26.7 Å². The maximum absolute atomic E-state index is 12.1. The van der Waals surface area contributed by atoms with E-state index in [1.54, 1.807) is 0 Å². The topological polar surface area (TPSA) is 72.8 Å². The van der Waals surface area contributed by atoms with E-state index < -0.39 is 21.4 Å². The van der Waals surface area contributed by atoms with Crippen molar-refractivity contribution in [1.82, 2.24) is 0 Å². The van der Waals surface area contributed by atoms with E-state index in [4.69, 9.17) is 0 Å². The number of methoxy groups -OCH3 is 1. The van der Waals surface area contributed by atoms with Crippen LogP contribution in [0.25, 0.3) is 0 Å². The highest BCUT2D eigenvalue weighted by molar-refractivity contribution is 9.10. The average molecular weight is 351 g/mol. The van der Waals surface area contributed by atoms with Gasteiger partial charge in [0.25, 0.3) is 0 Å². The van der Waals surface area contributed by atoms with Crippen molar-refractivity contribution in [3.63, 3.8) is 0 Å². The second kappa shape index (κ2) is 4.84. The van der Waals surface area contributed by atoms with Crippen molar-refractivity contribution in [2.45, 2.75) is 5.51 Å². The number of benzene rings is 1. The number of rotatable bonds is 3. The zero-order valence-corrected chi connectivity index (χ0v) is 11.1. The molecule has 1 rings (SSSR count). The van der Waals surface area contributed by atoms with Crippen molar-refractivity contribution in [2.24, 2.45) is 0 Å². The van der Waals surface area contributed by atoms with Gasteiger partial charge in [-0.1, -0.05) is 0 Å².